The highest BCUT2D eigenvalue weighted by Crippen LogP contribution is 2.38. The molecule has 82 valence electrons. The smallest absolute Gasteiger partial charge is 0.0175 e. The van der Waals surface area contributed by atoms with Crippen molar-refractivity contribution in [3.8, 4) is 0 Å². The first-order chi connectivity index (χ1) is 6.81. The molecule has 2 fully saturated rings. The maximum Gasteiger partial charge on any atom is 0.0175 e. The Bertz CT molecular complexity index is 169. The average Bonchev–Trinajstić information content (AvgIpc) is 2.42. The first-order valence-electron chi connectivity index (χ1n) is 6.21. The number of rotatable bonds is 4. The lowest BCUT2D eigenvalue weighted by atomic mass is 10.0. The van der Waals surface area contributed by atoms with Gasteiger partial charge in [0.25, 0.3) is 0 Å². The molecule has 2 aliphatic heterocycles. The molecule has 0 aliphatic carbocycles. The maximum atomic E-state index is 3.79. The number of piperidine rings is 1. The van der Waals surface area contributed by atoms with E-state index in [1.165, 1.54) is 51.5 Å². The van der Waals surface area contributed by atoms with Crippen molar-refractivity contribution >= 4 is 15.9 Å². The molecule has 2 saturated heterocycles. The molecule has 2 atom stereocenters. The number of nitrogens with zero attached hydrogens (tertiary/aromatic N) is 1. The summed E-state index contributed by atoms with van der Waals surface area (Å²) in [6, 6.07) is 1.82. The molecule has 0 saturated carbocycles. The Morgan fingerprint density at radius 3 is 2.36 bits per heavy atom. The second kappa shape index (κ2) is 4.98. The number of hydrogen-bond donors (Lipinski definition) is 0. The Balaban J connectivity index is 1.82. The zero-order valence-corrected chi connectivity index (χ0v) is 10.8. The van der Waals surface area contributed by atoms with E-state index in [4.69, 9.17) is 0 Å². The predicted molar refractivity (Wildman–Crippen MR) is 65.0 cm³/mol. The minimum atomic E-state index is 0.808. The van der Waals surface area contributed by atoms with Gasteiger partial charge in [0.15, 0.2) is 0 Å². The largest absolute Gasteiger partial charge is 0.297 e. The van der Waals surface area contributed by atoms with Crippen molar-refractivity contribution in [3.05, 3.63) is 0 Å². The quantitative estimate of drug-likeness (QED) is 0.551. The Labute approximate surface area is 96.4 Å². The molecule has 0 aromatic carbocycles. The van der Waals surface area contributed by atoms with Gasteiger partial charge < -0.3 is 0 Å². The average molecular weight is 260 g/mol. The lowest BCUT2D eigenvalue weighted by Gasteiger charge is -2.37. The molecular weight excluding hydrogens is 238 g/mol. The molecule has 0 amide bonds. The van der Waals surface area contributed by atoms with E-state index in [0.717, 1.165) is 16.9 Å². The molecule has 0 aromatic rings. The Kier molecular flexibility index (Phi) is 3.89. The van der Waals surface area contributed by atoms with Crippen molar-refractivity contribution in [2.24, 2.45) is 0 Å². The third-order valence-electron chi connectivity index (χ3n) is 3.85. The summed E-state index contributed by atoms with van der Waals surface area (Å²) in [6.45, 7) is 3.65. The van der Waals surface area contributed by atoms with Gasteiger partial charge in [0.1, 0.15) is 0 Å². The monoisotopic (exact) mass is 259 g/mol. The third kappa shape index (κ3) is 2.33. The molecule has 0 radical (unpaired) electrons. The number of alkyl halides is 1. The molecule has 2 heterocycles. The fourth-order valence-corrected chi connectivity index (χ4v) is 3.98. The summed E-state index contributed by atoms with van der Waals surface area (Å²) < 4.78 is 0. The summed E-state index contributed by atoms with van der Waals surface area (Å²) in [6.07, 6.45) is 9.87. The van der Waals surface area contributed by atoms with Crippen LogP contribution in [0.3, 0.4) is 0 Å². The van der Waals surface area contributed by atoms with Crippen LogP contribution in [-0.2, 0) is 0 Å². The standard InChI is InChI=1S/C12H22BrN/c1-2-3-4-7-14-11-5-6-12(14)9-10(13)8-11/h10-12H,2-9H2,1H3. The Morgan fingerprint density at radius 2 is 1.79 bits per heavy atom. The van der Waals surface area contributed by atoms with Crippen LogP contribution in [0.2, 0.25) is 0 Å². The van der Waals surface area contributed by atoms with Gasteiger partial charge in [0, 0.05) is 16.9 Å². The van der Waals surface area contributed by atoms with Crippen LogP contribution in [0.5, 0.6) is 0 Å². The molecule has 2 rings (SSSR count). The summed E-state index contributed by atoms with van der Waals surface area (Å²) >= 11 is 3.79. The second-order valence-electron chi connectivity index (χ2n) is 4.90. The minimum Gasteiger partial charge on any atom is -0.297 e. The lowest BCUT2D eigenvalue weighted by Crippen LogP contribution is -2.43. The van der Waals surface area contributed by atoms with E-state index in [9.17, 15) is 0 Å². The highest BCUT2D eigenvalue weighted by molar-refractivity contribution is 9.09. The summed E-state index contributed by atoms with van der Waals surface area (Å²) in [5, 5.41) is 0. The molecular formula is C12H22BrN. The van der Waals surface area contributed by atoms with Crippen molar-refractivity contribution in [2.45, 2.75) is 68.8 Å². The molecule has 2 aliphatic rings. The highest BCUT2D eigenvalue weighted by Gasteiger charge is 2.39. The number of halogens is 1. The normalized spacial score (nSPS) is 37.7. The van der Waals surface area contributed by atoms with Crippen LogP contribution >= 0.6 is 15.9 Å². The summed E-state index contributed by atoms with van der Waals surface area (Å²) in [7, 11) is 0. The van der Waals surface area contributed by atoms with Crippen molar-refractivity contribution in [3.63, 3.8) is 0 Å². The predicted octanol–water partition coefficient (Wildman–Crippen LogP) is 3.57. The highest BCUT2D eigenvalue weighted by atomic mass is 79.9. The van der Waals surface area contributed by atoms with Crippen molar-refractivity contribution in [1.82, 2.24) is 4.90 Å². The first-order valence-corrected chi connectivity index (χ1v) is 7.12. The molecule has 2 heteroatoms. The lowest BCUT2D eigenvalue weighted by molar-refractivity contribution is 0.142. The third-order valence-corrected chi connectivity index (χ3v) is 4.59. The SMILES string of the molecule is CCCCCN1C2CCC1CC(Br)C2. The molecule has 0 N–H and O–H groups in total. The fourth-order valence-electron chi connectivity index (χ4n) is 3.12. The van der Waals surface area contributed by atoms with Crippen LogP contribution in [0.25, 0.3) is 0 Å². The number of unbranched alkanes of at least 4 members (excludes halogenated alkanes) is 2. The van der Waals surface area contributed by atoms with Gasteiger partial charge >= 0.3 is 0 Å². The molecule has 2 bridgehead atoms. The van der Waals surface area contributed by atoms with Gasteiger partial charge in [-0.2, -0.15) is 0 Å². The van der Waals surface area contributed by atoms with Crippen LogP contribution in [0.4, 0.5) is 0 Å². The Morgan fingerprint density at radius 1 is 1.14 bits per heavy atom. The topological polar surface area (TPSA) is 3.24 Å². The van der Waals surface area contributed by atoms with Crippen molar-refractivity contribution < 1.29 is 0 Å². The number of hydrogen-bond acceptors (Lipinski definition) is 1. The van der Waals surface area contributed by atoms with E-state index in [0.29, 0.717) is 0 Å². The van der Waals surface area contributed by atoms with Gasteiger partial charge in [0.2, 0.25) is 0 Å². The molecule has 2 unspecified atom stereocenters. The van der Waals surface area contributed by atoms with Crippen molar-refractivity contribution in [1.29, 1.82) is 0 Å². The van der Waals surface area contributed by atoms with Gasteiger partial charge in [-0.3, -0.25) is 4.90 Å². The molecule has 1 nitrogen and oxygen atoms in total. The van der Waals surface area contributed by atoms with E-state index in [-0.39, 0.29) is 0 Å². The van der Waals surface area contributed by atoms with E-state index in [1.807, 2.05) is 0 Å². The first kappa shape index (κ1) is 10.9. The van der Waals surface area contributed by atoms with Crippen LogP contribution in [0.15, 0.2) is 0 Å². The van der Waals surface area contributed by atoms with Crippen molar-refractivity contribution in [2.75, 3.05) is 6.54 Å². The van der Waals surface area contributed by atoms with Crippen LogP contribution in [-0.4, -0.2) is 28.4 Å². The summed E-state index contributed by atoms with van der Waals surface area (Å²) in [5.74, 6) is 0. The van der Waals surface area contributed by atoms with Crippen LogP contribution in [0.1, 0.15) is 51.9 Å². The molecule has 0 aromatic heterocycles. The van der Waals surface area contributed by atoms with Gasteiger partial charge in [0.05, 0.1) is 0 Å². The second-order valence-corrected chi connectivity index (χ2v) is 6.19. The summed E-state index contributed by atoms with van der Waals surface area (Å²) in [5.41, 5.74) is 0. The minimum absolute atomic E-state index is 0.808. The van der Waals surface area contributed by atoms with Crippen LogP contribution in [0, 0.1) is 0 Å². The maximum absolute atomic E-state index is 3.79. The van der Waals surface area contributed by atoms with E-state index < -0.39 is 0 Å². The van der Waals surface area contributed by atoms with Gasteiger partial charge in [-0.05, 0) is 38.6 Å². The van der Waals surface area contributed by atoms with Gasteiger partial charge in [-0.1, -0.05) is 35.7 Å². The number of fused-ring (bicyclic) bond motifs is 2. The van der Waals surface area contributed by atoms with E-state index in [1.54, 1.807) is 0 Å². The van der Waals surface area contributed by atoms with Gasteiger partial charge in [-0.15, -0.1) is 0 Å². The van der Waals surface area contributed by atoms with Gasteiger partial charge in [-0.25, -0.2) is 0 Å². The Hall–Kier alpha value is 0.440. The van der Waals surface area contributed by atoms with Crippen LogP contribution < -0.4 is 0 Å². The molecule has 14 heavy (non-hydrogen) atoms. The zero-order valence-electron chi connectivity index (χ0n) is 9.21. The van der Waals surface area contributed by atoms with E-state index >= 15 is 0 Å². The van der Waals surface area contributed by atoms with E-state index in [2.05, 4.69) is 27.8 Å². The molecule has 0 spiro atoms. The summed E-state index contributed by atoms with van der Waals surface area (Å²) in [4.78, 5) is 3.61. The zero-order chi connectivity index (χ0) is 9.97. The fraction of sp³-hybridized carbons (Fsp3) is 1.00.